The largest absolute Gasteiger partial charge is 0.294 e. The van der Waals surface area contributed by atoms with E-state index in [0.29, 0.717) is 24.9 Å². The highest BCUT2D eigenvalue weighted by atomic mass is 16.1. The number of rotatable bonds is 5. The Kier molecular flexibility index (Phi) is 4.23. The molecule has 0 aliphatic heterocycles. The van der Waals surface area contributed by atoms with Gasteiger partial charge in [0.2, 0.25) is 0 Å². The van der Waals surface area contributed by atoms with E-state index in [9.17, 15) is 9.59 Å². The minimum Gasteiger partial charge on any atom is -0.294 e. The van der Waals surface area contributed by atoms with Crippen molar-refractivity contribution in [1.29, 1.82) is 0 Å². The standard InChI is InChI=1S/C15H16N2O2/c1-12-10-15(19)17(16-11-12)9-5-8-14(18)13-6-3-2-4-7-13/h2-4,6-7,10-11H,5,8-9H2,1H3. The number of hydrogen-bond donors (Lipinski definition) is 0. The van der Waals surface area contributed by atoms with Crippen molar-refractivity contribution in [2.24, 2.45) is 0 Å². The lowest BCUT2D eigenvalue weighted by molar-refractivity contribution is 0.0978. The molecule has 2 aromatic rings. The number of Topliss-reactive ketones (excluding diaryl/α,β-unsaturated/α-hetero) is 1. The van der Waals surface area contributed by atoms with Crippen LogP contribution in [-0.4, -0.2) is 15.6 Å². The lowest BCUT2D eigenvalue weighted by Crippen LogP contribution is -2.22. The zero-order valence-electron chi connectivity index (χ0n) is 10.9. The Morgan fingerprint density at radius 3 is 2.68 bits per heavy atom. The van der Waals surface area contributed by atoms with Gasteiger partial charge in [0.15, 0.2) is 5.78 Å². The molecule has 0 aliphatic rings. The number of ketones is 1. The smallest absolute Gasteiger partial charge is 0.266 e. The van der Waals surface area contributed by atoms with Gasteiger partial charge in [-0.05, 0) is 18.9 Å². The van der Waals surface area contributed by atoms with Crippen molar-refractivity contribution < 1.29 is 4.79 Å². The van der Waals surface area contributed by atoms with Gasteiger partial charge in [-0.2, -0.15) is 5.10 Å². The lowest BCUT2D eigenvalue weighted by atomic mass is 10.1. The first kappa shape index (κ1) is 13.2. The Morgan fingerprint density at radius 2 is 2.00 bits per heavy atom. The second kappa shape index (κ2) is 6.09. The molecule has 0 saturated heterocycles. The fraction of sp³-hybridized carbons (Fsp3) is 0.267. The predicted molar refractivity (Wildman–Crippen MR) is 73.2 cm³/mol. The molecule has 98 valence electrons. The van der Waals surface area contributed by atoms with Crippen LogP contribution in [-0.2, 0) is 6.54 Å². The summed E-state index contributed by atoms with van der Waals surface area (Å²) in [5.41, 5.74) is 1.44. The molecule has 0 bridgehead atoms. The molecule has 0 unspecified atom stereocenters. The summed E-state index contributed by atoms with van der Waals surface area (Å²) in [5.74, 6) is 0.0979. The van der Waals surface area contributed by atoms with Crippen LogP contribution in [0.1, 0.15) is 28.8 Å². The number of carbonyl (C=O) groups is 1. The van der Waals surface area contributed by atoms with Crippen LogP contribution in [0.5, 0.6) is 0 Å². The van der Waals surface area contributed by atoms with Crippen molar-refractivity contribution in [1.82, 2.24) is 9.78 Å². The Morgan fingerprint density at radius 1 is 1.26 bits per heavy atom. The summed E-state index contributed by atoms with van der Waals surface area (Å²) in [5, 5.41) is 4.04. The van der Waals surface area contributed by atoms with Crippen LogP contribution in [0.2, 0.25) is 0 Å². The number of carbonyl (C=O) groups excluding carboxylic acids is 1. The monoisotopic (exact) mass is 256 g/mol. The summed E-state index contributed by atoms with van der Waals surface area (Å²) in [6, 6.07) is 10.7. The normalized spacial score (nSPS) is 10.4. The molecule has 0 fully saturated rings. The van der Waals surface area contributed by atoms with Gasteiger partial charge in [0, 0.05) is 24.6 Å². The van der Waals surface area contributed by atoms with E-state index in [0.717, 1.165) is 5.56 Å². The molecule has 0 amide bonds. The van der Waals surface area contributed by atoms with E-state index in [1.54, 1.807) is 24.4 Å². The topological polar surface area (TPSA) is 52.0 Å². The van der Waals surface area contributed by atoms with E-state index < -0.39 is 0 Å². The molecule has 4 nitrogen and oxygen atoms in total. The number of aryl methyl sites for hydroxylation is 2. The molecule has 2 rings (SSSR count). The Balaban J connectivity index is 1.90. The van der Waals surface area contributed by atoms with Crippen LogP contribution in [0, 0.1) is 6.92 Å². The first-order chi connectivity index (χ1) is 9.16. The zero-order valence-corrected chi connectivity index (χ0v) is 10.9. The highest BCUT2D eigenvalue weighted by molar-refractivity contribution is 5.95. The summed E-state index contributed by atoms with van der Waals surface area (Å²) >= 11 is 0. The molecule has 0 N–H and O–H groups in total. The van der Waals surface area contributed by atoms with Gasteiger partial charge in [0.1, 0.15) is 0 Å². The maximum absolute atomic E-state index is 11.9. The SMILES string of the molecule is Cc1cnn(CCCC(=O)c2ccccc2)c(=O)c1. The van der Waals surface area contributed by atoms with Crippen LogP contribution in [0.3, 0.4) is 0 Å². The Bertz CT molecular complexity index is 618. The molecule has 1 heterocycles. The van der Waals surface area contributed by atoms with Gasteiger partial charge in [-0.1, -0.05) is 30.3 Å². The van der Waals surface area contributed by atoms with Gasteiger partial charge in [-0.15, -0.1) is 0 Å². The van der Waals surface area contributed by atoms with Gasteiger partial charge in [-0.3, -0.25) is 9.59 Å². The van der Waals surface area contributed by atoms with E-state index in [1.807, 2.05) is 25.1 Å². The van der Waals surface area contributed by atoms with Crippen LogP contribution in [0.25, 0.3) is 0 Å². The zero-order chi connectivity index (χ0) is 13.7. The van der Waals surface area contributed by atoms with Crippen LogP contribution < -0.4 is 5.56 Å². The number of nitrogens with zero attached hydrogens (tertiary/aromatic N) is 2. The molecule has 4 heteroatoms. The molecule has 0 atom stereocenters. The third-order valence-corrected chi connectivity index (χ3v) is 2.88. The number of benzene rings is 1. The maximum atomic E-state index is 11.9. The number of hydrogen-bond acceptors (Lipinski definition) is 3. The summed E-state index contributed by atoms with van der Waals surface area (Å²) in [7, 11) is 0. The molecular weight excluding hydrogens is 240 g/mol. The van der Waals surface area contributed by atoms with Crippen molar-refractivity contribution in [2.75, 3.05) is 0 Å². The second-order valence-electron chi connectivity index (χ2n) is 4.49. The Labute approximate surface area is 111 Å². The molecule has 0 aliphatic carbocycles. The third-order valence-electron chi connectivity index (χ3n) is 2.88. The highest BCUT2D eigenvalue weighted by Crippen LogP contribution is 2.05. The Hall–Kier alpha value is -2.23. The second-order valence-corrected chi connectivity index (χ2v) is 4.49. The van der Waals surface area contributed by atoms with Crippen molar-refractivity contribution in [3.8, 4) is 0 Å². The molecule has 1 aromatic carbocycles. The van der Waals surface area contributed by atoms with Crippen molar-refractivity contribution >= 4 is 5.78 Å². The fourth-order valence-electron chi connectivity index (χ4n) is 1.85. The van der Waals surface area contributed by atoms with E-state index in [1.165, 1.54) is 4.68 Å². The fourth-order valence-corrected chi connectivity index (χ4v) is 1.85. The van der Waals surface area contributed by atoms with Gasteiger partial charge in [0.05, 0.1) is 6.20 Å². The maximum Gasteiger partial charge on any atom is 0.266 e. The minimum atomic E-state index is -0.118. The van der Waals surface area contributed by atoms with Gasteiger partial charge in [0.25, 0.3) is 5.56 Å². The molecule has 1 aromatic heterocycles. The lowest BCUT2D eigenvalue weighted by Gasteiger charge is -2.04. The average Bonchev–Trinajstić information content (AvgIpc) is 2.42. The first-order valence-corrected chi connectivity index (χ1v) is 6.29. The summed E-state index contributed by atoms with van der Waals surface area (Å²) in [6.45, 7) is 2.30. The predicted octanol–water partition coefficient (Wildman–Crippen LogP) is 2.21. The molecule has 0 radical (unpaired) electrons. The highest BCUT2D eigenvalue weighted by Gasteiger charge is 2.05. The van der Waals surface area contributed by atoms with Gasteiger partial charge < -0.3 is 0 Å². The van der Waals surface area contributed by atoms with E-state index in [4.69, 9.17) is 0 Å². The van der Waals surface area contributed by atoms with Crippen LogP contribution in [0.4, 0.5) is 0 Å². The average molecular weight is 256 g/mol. The summed E-state index contributed by atoms with van der Waals surface area (Å²) in [6.07, 6.45) is 2.69. The van der Waals surface area contributed by atoms with E-state index >= 15 is 0 Å². The molecular formula is C15H16N2O2. The molecule has 0 spiro atoms. The van der Waals surface area contributed by atoms with Crippen molar-refractivity contribution in [2.45, 2.75) is 26.3 Å². The van der Waals surface area contributed by atoms with E-state index in [2.05, 4.69) is 5.10 Å². The van der Waals surface area contributed by atoms with E-state index in [-0.39, 0.29) is 11.3 Å². The molecule has 0 saturated carbocycles. The molecule has 19 heavy (non-hydrogen) atoms. The van der Waals surface area contributed by atoms with Crippen molar-refractivity contribution in [3.05, 3.63) is 64.1 Å². The minimum absolute atomic E-state index is 0.0979. The van der Waals surface area contributed by atoms with Crippen LogP contribution in [0.15, 0.2) is 47.4 Å². The number of aromatic nitrogens is 2. The summed E-state index contributed by atoms with van der Waals surface area (Å²) in [4.78, 5) is 23.5. The van der Waals surface area contributed by atoms with Crippen LogP contribution >= 0.6 is 0 Å². The van der Waals surface area contributed by atoms with Gasteiger partial charge in [-0.25, -0.2) is 4.68 Å². The first-order valence-electron chi connectivity index (χ1n) is 6.29. The summed E-state index contributed by atoms with van der Waals surface area (Å²) < 4.78 is 1.39. The van der Waals surface area contributed by atoms with Crippen molar-refractivity contribution in [3.63, 3.8) is 0 Å². The quantitative estimate of drug-likeness (QED) is 0.771. The third kappa shape index (κ3) is 3.61. The van der Waals surface area contributed by atoms with Gasteiger partial charge >= 0.3 is 0 Å².